The molecule has 150 valence electrons. The Balaban J connectivity index is 1.95. The van der Waals surface area contributed by atoms with E-state index in [9.17, 15) is 19.0 Å². The summed E-state index contributed by atoms with van der Waals surface area (Å²) >= 11 is 0. The summed E-state index contributed by atoms with van der Waals surface area (Å²) in [5, 5.41) is 18.5. The van der Waals surface area contributed by atoms with Gasteiger partial charge in [0, 0.05) is 5.41 Å². The fourth-order valence-electron chi connectivity index (χ4n) is 2.84. The minimum absolute atomic E-state index is 0.0172. The van der Waals surface area contributed by atoms with Crippen molar-refractivity contribution in [2.45, 2.75) is 44.0 Å². The maximum Gasteiger partial charge on any atom is 0.119 e. The second-order valence-electron chi connectivity index (χ2n) is 7.20. The van der Waals surface area contributed by atoms with Crippen LogP contribution in [0.15, 0.2) is 48.1 Å². The molecule has 1 aromatic rings. The molecule has 0 aliphatic heterocycles. The van der Waals surface area contributed by atoms with E-state index in [1.807, 2.05) is 24.3 Å². The third-order valence-corrected chi connectivity index (χ3v) is 4.66. The molecule has 0 aromatic heterocycles. The van der Waals surface area contributed by atoms with Crippen molar-refractivity contribution in [1.29, 1.82) is 0 Å². The van der Waals surface area contributed by atoms with Gasteiger partial charge in [-0.25, -0.2) is 8.78 Å². The van der Waals surface area contributed by atoms with E-state index in [1.165, 1.54) is 0 Å². The van der Waals surface area contributed by atoms with Gasteiger partial charge in [-0.05, 0) is 29.7 Å². The van der Waals surface area contributed by atoms with E-state index in [2.05, 4.69) is 19.9 Å². The summed E-state index contributed by atoms with van der Waals surface area (Å²) in [6.45, 7) is 2.49. The van der Waals surface area contributed by atoms with Crippen molar-refractivity contribution in [3.05, 3.63) is 53.6 Å². The van der Waals surface area contributed by atoms with Gasteiger partial charge in [0.05, 0.1) is 12.7 Å². The number of halogens is 2. The van der Waals surface area contributed by atoms with Crippen LogP contribution < -0.4 is 4.74 Å². The summed E-state index contributed by atoms with van der Waals surface area (Å²) in [6.07, 6.45) is 4.33. The molecule has 0 amide bonds. The summed E-state index contributed by atoms with van der Waals surface area (Å²) in [5.74, 6) is 0.579. The fraction of sp³-hybridized carbons (Fsp3) is 0.524. The van der Waals surface area contributed by atoms with Crippen molar-refractivity contribution in [3.63, 3.8) is 0 Å². The number of hydrogen-bond acceptors (Lipinski definition) is 4. The second-order valence-corrected chi connectivity index (χ2v) is 7.20. The normalized spacial score (nSPS) is 19.5. The number of rotatable bonds is 10. The first-order valence-electron chi connectivity index (χ1n) is 9.08. The number of allylic oxidation sites excluding steroid dienone is 2. The number of hydrogen-bond donors (Lipinski definition) is 2. The quantitative estimate of drug-likeness (QED) is 0.652. The van der Waals surface area contributed by atoms with Crippen LogP contribution in [0.4, 0.5) is 8.78 Å². The first kappa shape index (κ1) is 21.5. The predicted molar refractivity (Wildman–Crippen MR) is 101 cm³/mol. The van der Waals surface area contributed by atoms with Crippen molar-refractivity contribution in [2.24, 2.45) is 0 Å². The molecule has 3 unspecified atom stereocenters. The van der Waals surface area contributed by atoms with E-state index >= 15 is 0 Å². The lowest BCUT2D eigenvalue weighted by atomic mass is 9.75. The molecule has 4 nitrogen and oxygen atoms in total. The molecule has 3 atom stereocenters. The summed E-state index contributed by atoms with van der Waals surface area (Å²) in [4.78, 5) is 0. The fourth-order valence-corrected chi connectivity index (χ4v) is 2.84. The van der Waals surface area contributed by atoms with E-state index in [0.717, 1.165) is 11.1 Å². The Morgan fingerprint density at radius 3 is 2.26 bits per heavy atom. The number of aliphatic hydroxyl groups excluding tert-OH is 2. The van der Waals surface area contributed by atoms with Crippen LogP contribution in [0.3, 0.4) is 0 Å². The first-order chi connectivity index (χ1) is 12.9. The zero-order chi connectivity index (χ0) is 19.9. The van der Waals surface area contributed by atoms with Gasteiger partial charge in [-0.3, -0.25) is 0 Å². The van der Waals surface area contributed by atoms with Gasteiger partial charge >= 0.3 is 0 Å². The van der Waals surface area contributed by atoms with Gasteiger partial charge in [-0.2, -0.15) is 0 Å². The number of aliphatic hydroxyl groups is 2. The van der Waals surface area contributed by atoms with Crippen molar-refractivity contribution in [3.8, 4) is 5.75 Å². The van der Waals surface area contributed by atoms with Crippen LogP contribution in [0, 0.1) is 0 Å². The molecular formula is C21H28F2O4. The number of alkyl halides is 2. The van der Waals surface area contributed by atoms with E-state index in [1.54, 1.807) is 12.1 Å². The maximum atomic E-state index is 12.3. The highest BCUT2D eigenvalue weighted by molar-refractivity contribution is 5.43. The smallest absolute Gasteiger partial charge is 0.119 e. The van der Waals surface area contributed by atoms with Gasteiger partial charge in [-0.15, -0.1) is 0 Å². The molecule has 27 heavy (non-hydrogen) atoms. The lowest BCUT2D eigenvalue weighted by Gasteiger charge is -2.30. The average molecular weight is 382 g/mol. The Hall–Kier alpha value is -1.76. The van der Waals surface area contributed by atoms with Crippen molar-refractivity contribution in [2.75, 3.05) is 26.6 Å². The topological polar surface area (TPSA) is 58.9 Å². The van der Waals surface area contributed by atoms with Crippen LogP contribution >= 0.6 is 0 Å². The molecule has 1 aliphatic rings. The third kappa shape index (κ3) is 6.13. The van der Waals surface area contributed by atoms with E-state index in [4.69, 9.17) is 9.47 Å². The molecule has 6 heteroatoms. The number of benzene rings is 1. The van der Waals surface area contributed by atoms with Crippen LogP contribution in [-0.2, 0) is 10.2 Å². The maximum absolute atomic E-state index is 12.3. The Kier molecular flexibility index (Phi) is 7.95. The van der Waals surface area contributed by atoms with Crippen LogP contribution in [0.5, 0.6) is 5.75 Å². The molecule has 0 spiro atoms. The molecule has 1 aromatic carbocycles. The third-order valence-electron chi connectivity index (χ3n) is 4.66. The van der Waals surface area contributed by atoms with Crippen molar-refractivity contribution >= 4 is 0 Å². The van der Waals surface area contributed by atoms with Gasteiger partial charge in [0.25, 0.3) is 0 Å². The molecule has 0 fully saturated rings. The van der Waals surface area contributed by atoms with Crippen LogP contribution in [0.25, 0.3) is 0 Å². The monoisotopic (exact) mass is 382 g/mol. The molecule has 1 aliphatic carbocycles. The average Bonchev–Trinajstić information content (AvgIpc) is 2.70. The molecule has 0 saturated heterocycles. The summed E-state index contributed by atoms with van der Waals surface area (Å²) in [6, 6.07) is 7.51. The van der Waals surface area contributed by atoms with Gasteiger partial charge in [-0.1, -0.05) is 44.2 Å². The minimum Gasteiger partial charge on any atom is -0.491 e. The molecule has 0 heterocycles. The largest absolute Gasteiger partial charge is 0.491 e. The Morgan fingerprint density at radius 2 is 1.70 bits per heavy atom. The predicted octanol–water partition coefficient (Wildman–Crippen LogP) is 3.28. The highest BCUT2D eigenvalue weighted by Crippen LogP contribution is 2.35. The first-order valence-corrected chi connectivity index (χ1v) is 9.08. The Bertz CT molecular complexity index is 640. The van der Waals surface area contributed by atoms with Gasteiger partial charge in [0.1, 0.15) is 37.9 Å². The second kappa shape index (κ2) is 9.97. The van der Waals surface area contributed by atoms with E-state index < -0.39 is 25.6 Å². The van der Waals surface area contributed by atoms with E-state index in [0.29, 0.717) is 12.2 Å². The summed E-state index contributed by atoms with van der Waals surface area (Å²) in [5.41, 5.74) is 1.98. The molecule has 0 bridgehead atoms. The Labute approximate surface area is 159 Å². The van der Waals surface area contributed by atoms with Gasteiger partial charge in [0.15, 0.2) is 0 Å². The Morgan fingerprint density at radius 1 is 1.07 bits per heavy atom. The lowest BCUT2D eigenvalue weighted by Crippen LogP contribution is -2.25. The SMILES string of the molecule is CC(C)(C1=CCC(OCC(O)CF)C=C1)c1ccc(OCC(O)CF)cc1. The highest BCUT2D eigenvalue weighted by atomic mass is 19.1. The minimum atomic E-state index is -1.11. The molecule has 2 N–H and O–H groups in total. The van der Waals surface area contributed by atoms with Crippen LogP contribution in [-0.4, -0.2) is 55.1 Å². The summed E-state index contributed by atoms with van der Waals surface area (Å²) < 4.78 is 35.4. The van der Waals surface area contributed by atoms with E-state index in [-0.39, 0.29) is 24.7 Å². The lowest BCUT2D eigenvalue weighted by molar-refractivity contribution is 0.000761. The molecule has 0 radical (unpaired) electrons. The molecular weight excluding hydrogens is 354 g/mol. The zero-order valence-corrected chi connectivity index (χ0v) is 15.8. The van der Waals surface area contributed by atoms with Gasteiger partial charge < -0.3 is 19.7 Å². The molecule has 2 rings (SSSR count). The van der Waals surface area contributed by atoms with Crippen molar-refractivity contribution in [1.82, 2.24) is 0 Å². The highest BCUT2D eigenvalue weighted by Gasteiger charge is 2.26. The van der Waals surface area contributed by atoms with Gasteiger partial charge in [0.2, 0.25) is 0 Å². The zero-order valence-electron chi connectivity index (χ0n) is 15.8. The molecule has 0 saturated carbocycles. The van der Waals surface area contributed by atoms with Crippen LogP contribution in [0.1, 0.15) is 25.8 Å². The summed E-state index contributed by atoms with van der Waals surface area (Å²) in [7, 11) is 0. The van der Waals surface area contributed by atoms with Crippen molar-refractivity contribution < 1.29 is 28.5 Å². The number of ether oxygens (including phenoxy) is 2. The van der Waals surface area contributed by atoms with Crippen LogP contribution in [0.2, 0.25) is 0 Å². The standard InChI is InChI=1S/C21H28F2O4/c1-21(2,15-3-7-19(8-4-15)26-13-17(24)11-22)16-5-9-20(10-6-16)27-14-18(25)12-23/h3-9,17-18,20,24-25H,10-14H2,1-2H3.